The van der Waals surface area contributed by atoms with Gasteiger partial charge in [-0.1, -0.05) is 0 Å². The van der Waals surface area contributed by atoms with Gasteiger partial charge in [-0.05, 0) is 20.8 Å². The van der Waals surface area contributed by atoms with Crippen molar-refractivity contribution in [1.82, 2.24) is 10.2 Å². The van der Waals surface area contributed by atoms with E-state index in [9.17, 15) is 9.59 Å². The lowest BCUT2D eigenvalue weighted by atomic mass is 10.2. The number of aliphatic carboxylic acids is 1. The van der Waals surface area contributed by atoms with E-state index in [-0.39, 0.29) is 0 Å². The molecule has 0 bridgehead atoms. The third-order valence-corrected chi connectivity index (χ3v) is 2.08. The number of carbonyl (C=O) groups is 2. The van der Waals surface area contributed by atoms with Crippen molar-refractivity contribution >= 4 is 12.0 Å². The van der Waals surface area contributed by atoms with Crippen LogP contribution in [0.3, 0.4) is 0 Å². The molecule has 15 heavy (non-hydrogen) atoms. The Morgan fingerprint density at radius 2 is 1.80 bits per heavy atom. The van der Waals surface area contributed by atoms with E-state index in [2.05, 4.69) is 5.32 Å². The average molecular weight is 218 g/mol. The lowest BCUT2D eigenvalue weighted by Crippen LogP contribution is -2.52. The van der Waals surface area contributed by atoms with E-state index in [1.807, 2.05) is 0 Å². The van der Waals surface area contributed by atoms with Gasteiger partial charge >= 0.3 is 12.0 Å². The van der Waals surface area contributed by atoms with Gasteiger partial charge in [-0.2, -0.15) is 0 Å². The summed E-state index contributed by atoms with van der Waals surface area (Å²) in [6.07, 6.45) is -1.12. The Morgan fingerprint density at radius 1 is 1.33 bits per heavy atom. The zero-order valence-corrected chi connectivity index (χ0v) is 9.23. The molecule has 2 amide bonds. The summed E-state index contributed by atoms with van der Waals surface area (Å²) in [6.45, 7) is 5.90. The molecule has 6 heteroatoms. The standard InChI is InChI=1S/C9H18N2O4/c1-4-11(5-2)9(15)10-7(6(3)12)8(13)14/h6-7,12H,4-5H2,1-3H3,(H,10,15)(H,13,14). The fourth-order valence-electron chi connectivity index (χ4n) is 1.12. The Balaban J connectivity index is 4.41. The smallest absolute Gasteiger partial charge is 0.328 e. The van der Waals surface area contributed by atoms with Crippen molar-refractivity contribution in [3.05, 3.63) is 0 Å². The first-order chi connectivity index (χ1) is 6.93. The van der Waals surface area contributed by atoms with Gasteiger partial charge in [-0.15, -0.1) is 0 Å². The van der Waals surface area contributed by atoms with E-state index in [1.165, 1.54) is 11.8 Å². The second-order valence-corrected chi connectivity index (χ2v) is 3.18. The summed E-state index contributed by atoms with van der Waals surface area (Å²) in [4.78, 5) is 23.6. The average Bonchev–Trinajstić information content (AvgIpc) is 2.15. The minimum Gasteiger partial charge on any atom is -0.480 e. The van der Waals surface area contributed by atoms with Crippen LogP contribution in [0.25, 0.3) is 0 Å². The largest absolute Gasteiger partial charge is 0.480 e. The zero-order chi connectivity index (χ0) is 12.0. The van der Waals surface area contributed by atoms with Crippen molar-refractivity contribution in [2.75, 3.05) is 13.1 Å². The van der Waals surface area contributed by atoms with Crippen LogP contribution in [-0.2, 0) is 4.79 Å². The van der Waals surface area contributed by atoms with Crippen molar-refractivity contribution in [1.29, 1.82) is 0 Å². The highest BCUT2D eigenvalue weighted by Crippen LogP contribution is 1.96. The highest BCUT2D eigenvalue weighted by atomic mass is 16.4. The summed E-state index contributed by atoms with van der Waals surface area (Å²) in [5.41, 5.74) is 0. The number of amides is 2. The maximum absolute atomic E-state index is 11.5. The van der Waals surface area contributed by atoms with E-state index in [0.717, 1.165) is 0 Å². The van der Waals surface area contributed by atoms with E-state index in [1.54, 1.807) is 13.8 Å². The van der Waals surface area contributed by atoms with E-state index in [0.29, 0.717) is 13.1 Å². The van der Waals surface area contributed by atoms with Gasteiger partial charge in [0, 0.05) is 13.1 Å². The third-order valence-electron chi connectivity index (χ3n) is 2.08. The van der Waals surface area contributed by atoms with Crippen LogP contribution in [-0.4, -0.2) is 52.3 Å². The van der Waals surface area contributed by atoms with E-state index >= 15 is 0 Å². The fourth-order valence-corrected chi connectivity index (χ4v) is 1.12. The molecule has 3 N–H and O–H groups in total. The molecule has 0 fully saturated rings. The number of hydrogen-bond donors (Lipinski definition) is 3. The van der Waals surface area contributed by atoms with Gasteiger partial charge in [0.05, 0.1) is 6.10 Å². The van der Waals surface area contributed by atoms with Crippen molar-refractivity contribution in [2.24, 2.45) is 0 Å². The Morgan fingerprint density at radius 3 is 2.07 bits per heavy atom. The molecule has 0 rings (SSSR count). The SMILES string of the molecule is CCN(CC)C(=O)NC(C(=O)O)C(C)O. The van der Waals surface area contributed by atoms with Gasteiger partial charge in [0.15, 0.2) is 6.04 Å². The van der Waals surface area contributed by atoms with Crippen LogP contribution >= 0.6 is 0 Å². The van der Waals surface area contributed by atoms with Crippen LogP contribution in [0.5, 0.6) is 0 Å². The van der Waals surface area contributed by atoms with Crippen LogP contribution in [0.2, 0.25) is 0 Å². The van der Waals surface area contributed by atoms with Crippen LogP contribution in [0.4, 0.5) is 4.79 Å². The summed E-state index contributed by atoms with van der Waals surface area (Å²) >= 11 is 0. The second kappa shape index (κ2) is 6.23. The van der Waals surface area contributed by atoms with Gasteiger partial charge in [0.25, 0.3) is 0 Å². The van der Waals surface area contributed by atoms with Crippen LogP contribution < -0.4 is 5.32 Å². The first kappa shape index (κ1) is 13.7. The molecular formula is C9H18N2O4. The lowest BCUT2D eigenvalue weighted by Gasteiger charge is -2.23. The summed E-state index contributed by atoms with van der Waals surface area (Å²) in [5.74, 6) is -1.24. The maximum atomic E-state index is 11.5. The minimum atomic E-state index is -1.27. The van der Waals surface area contributed by atoms with Crippen molar-refractivity contribution in [3.8, 4) is 0 Å². The normalized spacial score (nSPS) is 14.1. The molecule has 2 atom stereocenters. The van der Waals surface area contributed by atoms with Gasteiger partial charge in [-0.25, -0.2) is 9.59 Å². The third kappa shape index (κ3) is 4.16. The molecule has 0 saturated heterocycles. The maximum Gasteiger partial charge on any atom is 0.328 e. The Hall–Kier alpha value is -1.30. The van der Waals surface area contributed by atoms with Gasteiger partial charge in [0.2, 0.25) is 0 Å². The number of carboxylic acids is 1. The van der Waals surface area contributed by atoms with Crippen molar-refractivity contribution in [2.45, 2.75) is 32.9 Å². The molecule has 0 spiro atoms. The lowest BCUT2D eigenvalue weighted by molar-refractivity contribution is -0.141. The topological polar surface area (TPSA) is 89.9 Å². The summed E-state index contributed by atoms with van der Waals surface area (Å²) in [7, 11) is 0. The van der Waals surface area contributed by atoms with Gasteiger partial charge < -0.3 is 20.4 Å². The molecule has 0 aromatic rings. The molecular weight excluding hydrogens is 200 g/mol. The van der Waals surface area contributed by atoms with Crippen LogP contribution in [0.15, 0.2) is 0 Å². The molecule has 0 aliphatic heterocycles. The molecule has 0 aliphatic carbocycles. The quantitative estimate of drug-likeness (QED) is 0.599. The minimum absolute atomic E-state index is 0.478. The molecule has 0 saturated carbocycles. The molecule has 0 aliphatic rings. The summed E-state index contributed by atoms with van der Waals surface area (Å²) in [5, 5.41) is 20.1. The highest BCUT2D eigenvalue weighted by molar-refractivity contribution is 5.83. The number of hydrogen-bond acceptors (Lipinski definition) is 3. The molecule has 0 radical (unpaired) electrons. The number of urea groups is 1. The zero-order valence-electron chi connectivity index (χ0n) is 9.23. The second-order valence-electron chi connectivity index (χ2n) is 3.18. The van der Waals surface area contributed by atoms with Crippen molar-refractivity contribution in [3.63, 3.8) is 0 Å². The number of rotatable bonds is 5. The molecule has 88 valence electrons. The number of carboxylic acid groups (broad SMARTS) is 1. The Kier molecular flexibility index (Phi) is 5.69. The molecule has 0 heterocycles. The molecule has 0 aromatic carbocycles. The summed E-state index contributed by atoms with van der Waals surface area (Å²) < 4.78 is 0. The van der Waals surface area contributed by atoms with Crippen LogP contribution in [0, 0.1) is 0 Å². The fraction of sp³-hybridized carbons (Fsp3) is 0.778. The number of carbonyl (C=O) groups excluding carboxylic acids is 1. The predicted molar refractivity (Wildman–Crippen MR) is 54.6 cm³/mol. The summed E-state index contributed by atoms with van der Waals surface area (Å²) in [6, 6.07) is -1.74. The molecule has 6 nitrogen and oxygen atoms in total. The van der Waals surface area contributed by atoms with Gasteiger partial charge in [0.1, 0.15) is 0 Å². The highest BCUT2D eigenvalue weighted by Gasteiger charge is 2.26. The Labute approximate surface area is 88.9 Å². The number of nitrogens with one attached hydrogen (secondary N) is 1. The van der Waals surface area contributed by atoms with E-state index in [4.69, 9.17) is 10.2 Å². The van der Waals surface area contributed by atoms with Gasteiger partial charge in [-0.3, -0.25) is 0 Å². The number of aliphatic hydroxyl groups is 1. The first-order valence-electron chi connectivity index (χ1n) is 4.90. The van der Waals surface area contributed by atoms with E-state index < -0.39 is 24.1 Å². The predicted octanol–water partition coefficient (Wildman–Crippen LogP) is -0.128. The van der Waals surface area contributed by atoms with Crippen molar-refractivity contribution < 1.29 is 19.8 Å². The van der Waals surface area contributed by atoms with Crippen LogP contribution in [0.1, 0.15) is 20.8 Å². The number of aliphatic hydroxyl groups excluding tert-OH is 1. The molecule has 0 aromatic heterocycles. The number of nitrogens with zero attached hydrogens (tertiary/aromatic N) is 1. The Bertz CT molecular complexity index is 226. The molecule has 2 unspecified atom stereocenters. The monoisotopic (exact) mass is 218 g/mol. The first-order valence-corrected chi connectivity index (χ1v) is 4.90.